The number of furan rings is 1. The summed E-state index contributed by atoms with van der Waals surface area (Å²) < 4.78 is 28.7. The molecular weight excluding hydrogens is 239 g/mol. The zero-order chi connectivity index (χ0) is 13.0. The van der Waals surface area contributed by atoms with Crippen LogP contribution in [0.25, 0.3) is 11.1 Å². The number of hydrogen-bond acceptors (Lipinski definition) is 4. The Hall–Kier alpha value is -2.14. The number of carbonyl (C=O) groups is 1. The maximum absolute atomic E-state index is 13.6. The summed E-state index contributed by atoms with van der Waals surface area (Å²) in [6, 6.07) is 4.25. The smallest absolute Gasteiger partial charge is 0.188 e. The second kappa shape index (κ2) is 5.46. The van der Waals surface area contributed by atoms with Crippen LogP contribution < -0.4 is 4.74 Å². The van der Waals surface area contributed by atoms with E-state index >= 15 is 0 Å². The Balaban J connectivity index is 2.48. The van der Waals surface area contributed by atoms with Crippen LogP contribution in [0.5, 0.6) is 5.75 Å². The van der Waals surface area contributed by atoms with E-state index in [0.717, 1.165) is 0 Å². The third-order valence-corrected chi connectivity index (χ3v) is 2.39. The SMILES string of the molecule is COCOc1cc(C=O)c(F)cc1-c1ccoc1. The Kier molecular flexibility index (Phi) is 3.74. The van der Waals surface area contributed by atoms with Gasteiger partial charge in [0.25, 0.3) is 0 Å². The first kappa shape index (κ1) is 12.3. The van der Waals surface area contributed by atoms with Gasteiger partial charge in [0.2, 0.25) is 0 Å². The van der Waals surface area contributed by atoms with Gasteiger partial charge in [0, 0.05) is 18.2 Å². The molecule has 0 spiro atoms. The first-order valence-corrected chi connectivity index (χ1v) is 5.19. The summed E-state index contributed by atoms with van der Waals surface area (Å²) in [6.45, 7) is 0.00871. The zero-order valence-corrected chi connectivity index (χ0v) is 9.68. The van der Waals surface area contributed by atoms with E-state index in [9.17, 15) is 9.18 Å². The summed E-state index contributed by atoms with van der Waals surface area (Å²) in [5, 5.41) is 0. The standard InChI is InChI=1S/C13H11FO4/c1-16-8-18-13-4-10(6-15)12(14)5-11(13)9-2-3-17-7-9/h2-7H,8H2,1H3. The van der Waals surface area contributed by atoms with Crippen molar-refractivity contribution in [2.45, 2.75) is 0 Å². The van der Waals surface area contributed by atoms with Crippen molar-refractivity contribution in [1.29, 1.82) is 0 Å². The lowest BCUT2D eigenvalue weighted by Gasteiger charge is -2.10. The minimum absolute atomic E-state index is 0.00871. The first-order valence-electron chi connectivity index (χ1n) is 5.19. The number of aldehydes is 1. The topological polar surface area (TPSA) is 48.7 Å². The highest BCUT2D eigenvalue weighted by Gasteiger charge is 2.13. The highest BCUT2D eigenvalue weighted by atomic mass is 19.1. The minimum Gasteiger partial charge on any atom is -0.472 e. The number of halogens is 1. The Bertz CT molecular complexity index is 534. The number of methoxy groups -OCH3 is 1. The van der Waals surface area contributed by atoms with Gasteiger partial charge in [0.15, 0.2) is 13.1 Å². The van der Waals surface area contributed by atoms with Crippen LogP contribution in [0.3, 0.4) is 0 Å². The highest BCUT2D eigenvalue weighted by molar-refractivity contribution is 5.80. The van der Waals surface area contributed by atoms with Crippen molar-refractivity contribution in [3.8, 4) is 16.9 Å². The molecule has 0 atom stereocenters. The van der Waals surface area contributed by atoms with Crippen LogP contribution in [-0.4, -0.2) is 20.2 Å². The summed E-state index contributed by atoms with van der Waals surface area (Å²) in [6.07, 6.45) is 3.38. The molecule has 0 amide bonds. The van der Waals surface area contributed by atoms with Crippen LogP contribution in [0.2, 0.25) is 0 Å². The quantitative estimate of drug-likeness (QED) is 0.604. The van der Waals surface area contributed by atoms with E-state index in [4.69, 9.17) is 13.9 Å². The van der Waals surface area contributed by atoms with Gasteiger partial charge < -0.3 is 13.9 Å². The summed E-state index contributed by atoms with van der Waals surface area (Å²) in [7, 11) is 1.47. The average molecular weight is 250 g/mol. The predicted molar refractivity (Wildman–Crippen MR) is 62.0 cm³/mol. The van der Waals surface area contributed by atoms with Gasteiger partial charge in [-0.15, -0.1) is 0 Å². The second-order valence-corrected chi connectivity index (χ2v) is 3.55. The highest BCUT2D eigenvalue weighted by Crippen LogP contribution is 2.32. The molecule has 1 aromatic heterocycles. The monoisotopic (exact) mass is 250 g/mol. The molecule has 4 nitrogen and oxygen atoms in total. The van der Waals surface area contributed by atoms with Crippen molar-refractivity contribution in [2.24, 2.45) is 0 Å². The first-order chi connectivity index (χ1) is 8.76. The van der Waals surface area contributed by atoms with Gasteiger partial charge in [-0.2, -0.15) is 0 Å². The van der Waals surface area contributed by atoms with Crippen LogP contribution in [0, 0.1) is 5.82 Å². The van der Waals surface area contributed by atoms with Gasteiger partial charge >= 0.3 is 0 Å². The van der Waals surface area contributed by atoms with Gasteiger partial charge in [-0.3, -0.25) is 4.79 Å². The third-order valence-electron chi connectivity index (χ3n) is 2.39. The van der Waals surface area contributed by atoms with Crippen LogP contribution in [0.1, 0.15) is 10.4 Å². The van der Waals surface area contributed by atoms with Gasteiger partial charge in [-0.1, -0.05) is 0 Å². The Labute approximate surface area is 103 Å². The maximum Gasteiger partial charge on any atom is 0.188 e. The van der Waals surface area contributed by atoms with E-state index in [1.54, 1.807) is 6.07 Å². The molecule has 1 heterocycles. The lowest BCUT2D eigenvalue weighted by molar-refractivity contribution is 0.0514. The molecule has 0 aliphatic carbocycles. The summed E-state index contributed by atoms with van der Waals surface area (Å²) >= 11 is 0. The molecule has 0 fully saturated rings. The Morgan fingerprint density at radius 3 is 2.89 bits per heavy atom. The largest absolute Gasteiger partial charge is 0.472 e. The molecule has 1 aromatic carbocycles. The number of hydrogen-bond donors (Lipinski definition) is 0. The summed E-state index contributed by atoms with van der Waals surface area (Å²) in [5.74, 6) is -0.243. The Morgan fingerprint density at radius 2 is 2.28 bits per heavy atom. The van der Waals surface area contributed by atoms with Crippen molar-refractivity contribution < 1.29 is 23.1 Å². The number of benzene rings is 1. The number of carbonyl (C=O) groups excluding carboxylic acids is 1. The fourth-order valence-corrected chi connectivity index (χ4v) is 1.54. The summed E-state index contributed by atoms with van der Waals surface area (Å²) in [4.78, 5) is 10.7. The fourth-order valence-electron chi connectivity index (χ4n) is 1.54. The molecule has 2 rings (SSSR count). The van der Waals surface area contributed by atoms with Crippen molar-refractivity contribution in [2.75, 3.05) is 13.9 Å². The van der Waals surface area contributed by atoms with Gasteiger partial charge in [-0.25, -0.2) is 4.39 Å². The molecule has 0 radical (unpaired) electrons. The van der Waals surface area contributed by atoms with E-state index in [0.29, 0.717) is 23.2 Å². The molecule has 0 aliphatic rings. The molecule has 2 aromatic rings. The van der Waals surface area contributed by atoms with Crippen LogP contribution >= 0.6 is 0 Å². The molecule has 0 aliphatic heterocycles. The van der Waals surface area contributed by atoms with Crippen molar-refractivity contribution in [3.05, 3.63) is 42.1 Å². The zero-order valence-electron chi connectivity index (χ0n) is 9.68. The molecule has 0 saturated carbocycles. The number of rotatable bonds is 5. The van der Waals surface area contributed by atoms with Gasteiger partial charge in [0.05, 0.1) is 18.1 Å². The van der Waals surface area contributed by atoms with E-state index < -0.39 is 5.82 Å². The van der Waals surface area contributed by atoms with E-state index in [-0.39, 0.29) is 12.4 Å². The van der Waals surface area contributed by atoms with Crippen molar-refractivity contribution in [3.63, 3.8) is 0 Å². The lowest BCUT2D eigenvalue weighted by atomic mass is 10.1. The maximum atomic E-state index is 13.6. The van der Waals surface area contributed by atoms with Gasteiger partial charge in [0.1, 0.15) is 11.6 Å². The summed E-state index contributed by atoms with van der Waals surface area (Å²) in [5.41, 5.74) is 1.11. The number of ether oxygens (including phenoxy) is 2. The molecule has 0 saturated heterocycles. The molecule has 0 bridgehead atoms. The van der Waals surface area contributed by atoms with Gasteiger partial charge in [-0.05, 0) is 18.2 Å². The third kappa shape index (κ3) is 2.41. The Morgan fingerprint density at radius 1 is 1.44 bits per heavy atom. The predicted octanol–water partition coefficient (Wildman–Crippen LogP) is 2.88. The minimum atomic E-state index is -0.606. The van der Waals surface area contributed by atoms with Crippen molar-refractivity contribution in [1.82, 2.24) is 0 Å². The van der Waals surface area contributed by atoms with E-state index in [1.165, 1.54) is 31.8 Å². The van der Waals surface area contributed by atoms with Crippen LogP contribution in [0.4, 0.5) is 4.39 Å². The molecule has 94 valence electrons. The molecule has 5 heteroatoms. The molecule has 0 N–H and O–H groups in total. The second-order valence-electron chi connectivity index (χ2n) is 3.55. The molecule has 18 heavy (non-hydrogen) atoms. The van der Waals surface area contributed by atoms with E-state index in [1.807, 2.05) is 0 Å². The van der Waals surface area contributed by atoms with Crippen LogP contribution in [0.15, 0.2) is 35.1 Å². The normalized spacial score (nSPS) is 10.3. The van der Waals surface area contributed by atoms with E-state index in [2.05, 4.69) is 0 Å². The molecule has 0 unspecified atom stereocenters. The fraction of sp³-hybridized carbons (Fsp3) is 0.154. The van der Waals surface area contributed by atoms with Crippen LogP contribution in [-0.2, 0) is 4.74 Å². The average Bonchev–Trinajstić information content (AvgIpc) is 2.90. The lowest BCUT2D eigenvalue weighted by Crippen LogP contribution is -2.02. The van der Waals surface area contributed by atoms with Crippen molar-refractivity contribution >= 4 is 6.29 Å². The molecular formula is C13H11FO4.